The first kappa shape index (κ1) is 13.4. The van der Waals surface area contributed by atoms with E-state index in [1.807, 2.05) is 19.1 Å². The van der Waals surface area contributed by atoms with Gasteiger partial charge in [0.05, 0.1) is 17.9 Å². The van der Waals surface area contributed by atoms with Gasteiger partial charge in [-0.1, -0.05) is 0 Å². The molecule has 2 aliphatic rings. The fraction of sp³-hybridized carbons (Fsp3) is 0.600. The standard InChI is InChI=1S/C15H20N2O3/c1-11-13(3-2-8-16-11)17-10-15(20-14(17)19)6-4-12(9-18)5-7-15/h2-3,8,12,18H,4-7,9-10H2,1H3. The van der Waals surface area contributed by atoms with Gasteiger partial charge in [0, 0.05) is 12.8 Å². The summed E-state index contributed by atoms with van der Waals surface area (Å²) in [6, 6.07) is 3.74. The van der Waals surface area contributed by atoms with E-state index >= 15 is 0 Å². The highest BCUT2D eigenvalue weighted by molar-refractivity contribution is 5.90. The van der Waals surface area contributed by atoms with E-state index in [4.69, 9.17) is 4.74 Å². The van der Waals surface area contributed by atoms with Gasteiger partial charge in [-0.2, -0.15) is 0 Å². The second kappa shape index (κ2) is 5.05. The van der Waals surface area contributed by atoms with Crippen LogP contribution in [0, 0.1) is 12.8 Å². The topological polar surface area (TPSA) is 62.7 Å². The van der Waals surface area contributed by atoms with Gasteiger partial charge in [-0.3, -0.25) is 9.88 Å². The average Bonchev–Trinajstić information content (AvgIpc) is 2.77. The molecule has 0 atom stereocenters. The normalized spacial score (nSPS) is 29.8. The van der Waals surface area contributed by atoms with Gasteiger partial charge in [0.1, 0.15) is 5.60 Å². The van der Waals surface area contributed by atoms with Crippen LogP contribution in [0.4, 0.5) is 10.5 Å². The van der Waals surface area contributed by atoms with E-state index in [0.717, 1.165) is 37.1 Å². The number of aliphatic hydroxyl groups is 1. The van der Waals surface area contributed by atoms with Gasteiger partial charge in [0.15, 0.2) is 0 Å². The Bertz CT molecular complexity index is 510. The van der Waals surface area contributed by atoms with Crippen LogP contribution in [0.1, 0.15) is 31.4 Å². The molecule has 5 nitrogen and oxygen atoms in total. The molecule has 1 saturated carbocycles. The summed E-state index contributed by atoms with van der Waals surface area (Å²) < 4.78 is 5.68. The zero-order valence-electron chi connectivity index (χ0n) is 11.7. The van der Waals surface area contributed by atoms with E-state index < -0.39 is 0 Å². The number of rotatable bonds is 2. The lowest BCUT2D eigenvalue weighted by atomic mass is 9.79. The molecule has 1 N–H and O–H groups in total. The molecule has 1 aliphatic heterocycles. The van der Waals surface area contributed by atoms with Crippen LogP contribution in [0.5, 0.6) is 0 Å². The molecule has 108 valence electrons. The highest BCUT2D eigenvalue weighted by Crippen LogP contribution is 2.40. The lowest BCUT2D eigenvalue weighted by Gasteiger charge is -2.34. The van der Waals surface area contributed by atoms with Gasteiger partial charge in [0.2, 0.25) is 0 Å². The molecule has 1 aromatic heterocycles. The highest BCUT2D eigenvalue weighted by Gasteiger charge is 2.47. The van der Waals surface area contributed by atoms with Crippen LogP contribution in [-0.2, 0) is 4.74 Å². The van der Waals surface area contributed by atoms with Crippen molar-refractivity contribution in [2.45, 2.75) is 38.2 Å². The molecule has 2 fully saturated rings. The lowest BCUT2D eigenvalue weighted by molar-refractivity contribution is 0.00558. The average molecular weight is 276 g/mol. The molecule has 5 heteroatoms. The smallest absolute Gasteiger partial charge is 0.415 e. The Morgan fingerprint density at radius 1 is 1.50 bits per heavy atom. The summed E-state index contributed by atoms with van der Waals surface area (Å²) in [6.45, 7) is 2.72. The fourth-order valence-electron chi connectivity index (χ4n) is 3.22. The van der Waals surface area contributed by atoms with Crippen molar-refractivity contribution < 1.29 is 14.6 Å². The molecule has 20 heavy (non-hydrogen) atoms. The van der Waals surface area contributed by atoms with E-state index in [2.05, 4.69) is 4.98 Å². The van der Waals surface area contributed by atoms with Crippen LogP contribution in [0.25, 0.3) is 0 Å². The van der Waals surface area contributed by atoms with Gasteiger partial charge < -0.3 is 9.84 Å². The highest BCUT2D eigenvalue weighted by atomic mass is 16.6. The van der Waals surface area contributed by atoms with Crippen LogP contribution in [-0.4, -0.2) is 34.9 Å². The number of pyridine rings is 1. The molecule has 1 saturated heterocycles. The first-order valence-corrected chi connectivity index (χ1v) is 7.16. The maximum atomic E-state index is 12.2. The summed E-state index contributed by atoms with van der Waals surface area (Å²) in [5, 5.41) is 9.21. The van der Waals surface area contributed by atoms with Crippen LogP contribution < -0.4 is 4.90 Å². The van der Waals surface area contributed by atoms with Crippen molar-refractivity contribution in [1.29, 1.82) is 0 Å². The summed E-state index contributed by atoms with van der Waals surface area (Å²) in [5.74, 6) is 0.355. The van der Waals surface area contributed by atoms with Gasteiger partial charge in [0.25, 0.3) is 0 Å². The predicted molar refractivity (Wildman–Crippen MR) is 74.6 cm³/mol. The molecule has 1 aromatic rings. The Morgan fingerprint density at radius 3 is 2.90 bits per heavy atom. The summed E-state index contributed by atoms with van der Waals surface area (Å²) in [4.78, 5) is 18.1. The first-order chi connectivity index (χ1) is 9.63. The number of anilines is 1. The monoisotopic (exact) mass is 276 g/mol. The van der Waals surface area contributed by atoms with E-state index in [9.17, 15) is 9.90 Å². The Labute approximate surface area is 118 Å². The number of nitrogens with zero attached hydrogens (tertiary/aromatic N) is 2. The van der Waals surface area contributed by atoms with Crippen molar-refractivity contribution in [3.63, 3.8) is 0 Å². The van der Waals surface area contributed by atoms with Gasteiger partial charge >= 0.3 is 6.09 Å². The van der Waals surface area contributed by atoms with Crippen molar-refractivity contribution in [2.24, 2.45) is 5.92 Å². The number of hydrogen-bond donors (Lipinski definition) is 1. The SMILES string of the molecule is Cc1ncccc1N1CC2(CCC(CO)CC2)OC1=O. The third kappa shape index (κ3) is 2.26. The number of aryl methyl sites for hydroxylation is 1. The van der Waals surface area contributed by atoms with Crippen LogP contribution in [0.15, 0.2) is 18.3 Å². The molecule has 0 bridgehead atoms. The number of amides is 1. The van der Waals surface area contributed by atoms with Gasteiger partial charge in [-0.15, -0.1) is 0 Å². The van der Waals surface area contributed by atoms with E-state index in [1.165, 1.54) is 0 Å². The lowest BCUT2D eigenvalue weighted by Crippen LogP contribution is -2.39. The first-order valence-electron chi connectivity index (χ1n) is 7.16. The number of aromatic nitrogens is 1. The number of carbonyl (C=O) groups is 1. The maximum absolute atomic E-state index is 12.2. The molecule has 0 unspecified atom stereocenters. The summed E-state index contributed by atoms with van der Waals surface area (Å²) >= 11 is 0. The predicted octanol–water partition coefficient (Wildman–Crippen LogP) is 2.27. The fourth-order valence-corrected chi connectivity index (χ4v) is 3.22. The molecule has 1 spiro atoms. The zero-order chi connectivity index (χ0) is 14.2. The molecule has 1 amide bonds. The molecule has 0 aromatic carbocycles. The zero-order valence-corrected chi connectivity index (χ0v) is 11.7. The van der Waals surface area contributed by atoms with Crippen molar-refractivity contribution >= 4 is 11.8 Å². The van der Waals surface area contributed by atoms with Crippen LogP contribution >= 0.6 is 0 Å². The van der Waals surface area contributed by atoms with E-state index in [0.29, 0.717) is 12.5 Å². The summed E-state index contributed by atoms with van der Waals surface area (Å²) in [7, 11) is 0. The Kier molecular flexibility index (Phi) is 3.38. The Morgan fingerprint density at radius 2 is 2.25 bits per heavy atom. The Balaban J connectivity index is 1.78. The third-order valence-electron chi connectivity index (χ3n) is 4.51. The summed E-state index contributed by atoms with van der Waals surface area (Å²) in [6.07, 6.45) is 4.96. The van der Waals surface area contributed by atoms with Crippen molar-refractivity contribution in [2.75, 3.05) is 18.1 Å². The number of carbonyl (C=O) groups excluding carboxylic acids is 1. The number of ether oxygens (including phenoxy) is 1. The van der Waals surface area contributed by atoms with E-state index in [1.54, 1.807) is 11.1 Å². The molecule has 3 rings (SSSR count). The molecule has 2 heterocycles. The molecule has 0 radical (unpaired) electrons. The minimum atomic E-state index is -0.370. The number of hydrogen-bond acceptors (Lipinski definition) is 4. The Hall–Kier alpha value is -1.62. The van der Waals surface area contributed by atoms with Crippen LogP contribution in [0.2, 0.25) is 0 Å². The quantitative estimate of drug-likeness (QED) is 0.900. The minimum Gasteiger partial charge on any atom is -0.441 e. The third-order valence-corrected chi connectivity index (χ3v) is 4.51. The maximum Gasteiger partial charge on any atom is 0.415 e. The van der Waals surface area contributed by atoms with Crippen LogP contribution in [0.3, 0.4) is 0 Å². The van der Waals surface area contributed by atoms with Crippen molar-refractivity contribution in [3.8, 4) is 0 Å². The second-order valence-corrected chi connectivity index (χ2v) is 5.87. The molecular weight excluding hydrogens is 256 g/mol. The summed E-state index contributed by atoms with van der Waals surface area (Å²) in [5.41, 5.74) is 1.30. The van der Waals surface area contributed by atoms with E-state index in [-0.39, 0.29) is 18.3 Å². The molecule has 1 aliphatic carbocycles. The number of aliphatic hydroxyl groups excluding tert-OH is 1. The largest absolute Gasteiger partial charge is 0.441 e. The van der Waals surface area contributed by atoms with Gasteiger partial charge in [-0.05, 0) is 50.7 Å². The van der Waals surface area contributed by atoms with Crippen molar-refractivity contribution in [3.05, 3.63) is 24.0 Å². The van der Waals surface area contributed by atoms with Crippen molar-refractivity contribution in [1.82, 2.24) is 4.98 Å². The second-order valence-electron chi connectivity index (χ2n) is 5.87. The minimum absolute atomic E-state index is 0.232. The molecular formula is C15H20N2O3. The van der Waals surface area contributed by atoms with Gasteiger partial charge in [-0.25, -0.2) is 4.79 Å².